The molecule has 1 aliphatic rings. The van der Waals surface area contributed by atoms with Gasteiger partial charge in [-0.25, -0.2) is 0 Å². The predicted octanol–water partition coefficient (Wildman–Crippen LogP) is 3.82. The number of ether oxygens (including phenoxy) is 1. The van der Waals surface area contributed by atoms with E-state index in [1.165, 1.54) is 7.11 Å². The highest BCUT2D eigenvalue weighted by atomic mass is 16.7. The maximum Gasteiger partial charge on any atom is 0.466 e. The largest absolute Gasteiger partial charge is 0.508 e. The molecular formula is C20H25BO5. The summed E-state index contributed by atoms with van der Waals surface area (Å²) in [5.74, 6) is -0.751. The maximum absolute atomic E-state index is 12.1. The number of carbonyl (C=O) groups excluding carboxylic acids is 1. The molecule has 0 radical (unpaired) electrons. The molecule has 26 heavy (non-hydrogen) atoms. The number of hydrogen-bond donors (Lipinski definition) is 1. The van der Waals surface area contributed by atoms with E-state index in [2.05, 4.69) is 0 Å². The van der Waals surface area contributed by atoms with Gasteiger partial charge in [0, 0.05) is 11.4 Å². The van der Waals surface area contributed by atoms with Crippen molar-refractivity contribution < 1.29 is 23.9 Å². The van der Waals surface area contributed by atoms with Crippen LogP contribution in [0.15, 0.2) is 36.4 Å². The van der Waals surface area contributed by atoms with Crippen molar-refractivity contribution in [3.63, 3.8) is 0 Å². The minimum absolute atomic E-state index is 0.0505. The molecule has 1 atom stereocenters. The van der Waals surface area contributed by atoms with Crippen LogP contribution in [0.25, 0.3) is 10.8 Å². The predicted molar refractivity (Wildman–Crippen MR) is 101 cm³/mol. The molecule has 0 saturated carbocycles. The van der Waals surface area contributed by atoms with E-state index in [9.17, 15) is 9.90 Å². The molecule has 0 aliphatic carbocycles. The lowest BCUT2D eigenvalue weighted by molar-refractivity contribution is -0.140. The molecule has 0 amide bonds. The normalized spacial score (nSPS) is 19.5. The lowest BCUT2D eigenvalue weighted by Crippen LogP contribution is -2.41. The second-order valence-corrected chi connectivity index (χ2v) is 7.73. The highest BCUT2D eigenvalue weighted by molar-refractivity contribution is 6.48. The molecule has 138 valence electrons. The van der Waals surface area contributed by atoms with Crippen LogP contribution in [-0.4, -0.2) is 36.5 Å². The molecule has 2 aromatic carbocycles. The van der Waals surface area contributed by atoms with Crippen LogP contribution in [0.5, 0.6) is 5.75 Å². The summed E-state index contributed by atoms with van der Waals surface area (Å²) in [5, 5.41) is 12.5. The molecule has 1 fully saturated rings. The second kappa shape index (κ2) is 6.60. The van der Waals surface area contributed by atoms with Gasteiger partial charge in [-0.05, 0) is 44.5 Å². The van der Waals surface area contributed by atoms with Crippen molar-refractivity contribution in [3.05, 3.63) is 42.0 Å². The zero-order chi connectivity index (χ0) is 19.1. The van der Waals surface area contributed by atoms with E-state index in [1.54, 1.807) is 6.07 Å². The Morgan fingerprint density at radius 2 is 1.73 bits per heavy atom. The number of benzene rings is 2. The average Bonchev–Trinajstić information content (AvgIpc) is 2.80. The van der Waals surface area contributed by atoms with Crippen LogP contribution in [-0.2, 0) is 18.8 Å². The van der Waals surface area contributed by atoms with Gasteiger partial charge in [0.05, 0.1) is 24.7 Å². The second-order valence-electron chi connectivity index (χ2n) is 7.73. The Balaban J connectivity index is 2.12. The van der Waals surface area contributed by atoms with Crippen LogP contribution in [0.4, 0.5) is 0 Å². The first-order valence-corrected chi connectivity index (χ1v) is 8.79. The summed E-state index contributed by atoms with van der Waals surface area (Å²) in [7, 11) is 0.683. The van der Waals surface area contributed by atoms with Gasteiger partial charge in [-0.2, -0.15) is 0 Å². The van der Waals surface area contributed by atoms with Gasteiger partial charge in [0.25, 0.3) is 0 Å². The first-order valence-electron chi connectivity index (χ1n) is 8.79. The summed E-state index contributed by atoms with van der Waals surface area (Å²) in [6.07, 6.45) is 0.0505. The fourth-order valence-electron chi connectivity index (χ4n) is 3.32. The van der Waals surface area contributed by atoms with Gasteiger partial charge in [-0.1, -0.05) is 30.3 Å². The van der Waals surface area contributed by atoms with Gasteiger partial charge >= 0.3 is 13.1 Å². The lowest BCUT2D eigenvalue weighted by Gasteiger charge is -2.32. The summed E-state index contributed by atoms with van der Waals surface area (Å²) in [4.78, 5) is 12.1. The molecule has 5 nitrogen and oxygen atoms in total. The van der Waals surface area contributed by atoms with Crippen molar-refractivity contribution in [1.82, 2.24) is 0 Å². The van der Waals surface area contributed by atoms with Gasteiger partial charge in [-0.3, -0.25) is 4.79 Å². The van der Waals surface area contributed by atoms with E-state index >= 15 is 0 Å². The topological polar surface area (TPSA) is 65.0 Å². The summed E-state index contributed by atoms with van der Waals surface area (Å²) in [6.45, 7) is 7.85. The number of aromatic hydroxyl groups is 1. The number of esters is 1. The van der Waals surface area contributed by atoms with Crippen LogP contribution in [0, 0.1) is 0 Å². The molecule has 2 aromatic rings. The molecule has 1 saturated heterocycles. The molecule has 6 heteroatoms. The van der Waals surface area contributed by atoms with Crippen LogP contribution in [0.1, 0.15) is 45.5 Å². The Hall–Kier alpha value is -2.05. The summed E-state index contributed by atoms with van der Waals surface area (Å²) in [5.41, 5.74) is -0.426. The number of carbonyl (C=O) groups is 1. The highest BCUT2D eigenvalue weighted by Gasteiger charge is 2.54. The molecule has 3 rings (SSSR count). The Bertz CT molecular complexity index is 814. The van der Waals surface area contributed by atoms with Crippen molar-refractivity contribution in [1.29, 1.82) is 0 Å². The van der Waals surface area contributed by atoms with E-state index in [0.29, 0.717) is 5.56 Å². The molecule has 1 unspecified atom stereocenters. The van der Waals surface area contributed by atoms with E-state index in [-0.39, 0.29) is 18.1 Å². The maximum atomic E-state index is 12.1. The standard InChI is InChI=1S/C20H25BO5/c1-19(2)20(3,4)26-21(25-19)15(12-17(23)24-5)18-14-9-7-6-8-13(14)10-11-16(18)22/h6-11,15,22H,12H2,1-5H3. The number of phenolic OH excluding ortho intramolecular Hbond substituents is 1. The summed E-state index contributed by atoms with van der Waals surface area (Å²) in [6, 6.07) is 11.2. The van der Waals surface area contributed by atoms with E-state index in [0.717, 1.165) is 10.8 Å². The molecular weight excluding hydrogens is 331 g/mol. The van der Waals surface area contributed by atoms with Gasteiger partial charge in [-0.15, -0.1) is 0 Å². The third-order valence-corrected chi connectivity index (χ3v) is 5.53. The molecule has 0 bridgehead atoms. The highest BCUT2D eigenvalue weighted by Crippen LogP contribution is 2.45. The third kappa shape index (κ3) is 3.19. The zero-order valence-electron chi connectivity index (χ0n) is 15.9. The number of rotatable bonds is 4. The van der Waals surface area contributed by atoms with Crippen LogP contribution in [0.2, 0.25) is 0 Å². The first-order chi connectivity index (χ1) is 12.2. The number of hydrogen-bond acceptors (Lipinski definition) is 5. The van der Waals surface area contributed by atoms with E-state index in [1.807, 2.05) is 58.0 Å². The van der Waals surface area contributed by atoms with Crippen LogP contribution < -0.4 is 0 Å². The summed E-state index contributed by atoms with van der Waals surface area (Å²) < 4.78 is 17.3. The van der Waals surface area contributed by atoms with Crippen molar-refractivity contribution in [3.8, 4) is 5.75 Å². The van der Waals surface area contributed by atoms with Crippen LogP contribution >= 0.6 is 0 Å². The van der Waals surface area contributed by atoms with Gasteiger partial charge in [0.2, 0.25) is 0 Å². The Morgan fingerprint density at radius 3 is 2.35 bits per heavy atom. The van der Waals surface area contributed by atoms with Crippen LogP contribution in [0.3, 0.4) is 0 Å². The number of fused-ring (bicyclic) bond motifs is 1. The molecule has 0 spiro atoms. The fourth-order valence-corrected chi connectivity index (χ4v) is 3.32. The smallest absolute Gasteiger partial charge is 0.466 e. The SMILES string of the molecule is COC(=O)CC(B1OC(C)(C)C(C)(C)O1)c1c(O)ccc2ccccc12. The Labute approximate surface area is 154 Å². The van der Waals surface area contributed by atoms with Gasteiger partial charge in [0.1, 0.15) is 5.75 Å². The fraction of sp³-hybridized carbons (Fsp3) is 0.450. The zero-order valence-corrected chi connectivity index (χ0v) is 15.9. The van der Waals surface area contributed by atoms with Gasteiger partial charge < -0.3 is 19.2 Å². The first kappa shape index (κ1) is 18.7. The molecule has 1 aliphatic heterocycles. The van der Waals surface area contributed by atoms with Gasteiger partial charge in [0.15, 0.2) is 0 Å². The van der Waals surface area contributed by atoms with Crippen molar-refractivity contribution in [2.45, 2.75) is 51.1 Å². The monoisotopic (exact) mass is 356 g/mol. The van der Waals surface area contributed by atoms with Crippen molar-refractivity contribution >= 4 is 23.9 Å². The number of phenols is 1. The van der Waals surface area contributed by atoms with E-state index < -0.39 is 24.1 Å². The Morgan fingerprint density at radius 1 is 1.12 bits per heavy atom. The van der Waals surface area contributed by atoms with Crippen molar-refractivity contribution in [2.24, 2.45) is 0 Å². The molecule has 1 N–H and O–H groups in total. The summed E-state index contributed by atoms with van der Waals surface area (Å²) >= 11 is 0. The Kier molecular flexibility index (Phi) is 4.75. The number of methoxy groups -OCH3 is 1. The quantitative estimate of drug-likeness (QED) is 0.666. The lowest BCUT2D eigenvalue weighted by atomic mass is 9.65. The average molecular weight is 356 g/mol. The van der Waals surface area contributed by atoms with E-state index in [4.69, 9.17) is 14.0 Å². The minimum Gasteiger partial charge on any atom is -0.508 e. The minimum atomic E-state index is -0.671. The molecule has 1 heterocycles. The third-order valence-electron chi connectivity index (χ3n) is 5.53. The molecule has 0 aromatic heterocycles. The van der Waals surface area contributed by atoms with Crippen molar-refractivity contribution in [2.75, 3.05) is 7.11 Å².